The van der Waals surface area contributed by atoms with E-state index in [1.165, 1.54) is 32.1 Å². The summed E-state index contributed by atoms with van der Waals surface area (Å²) in [5.74, 6) is -2.88. The maximum Gasteiger partial charge on any atom is 0.248 e. The van der Waals surface area contributed by atoms with Crippen molar-refractivity contribution in [3.63, 3.8) is 0 Å². The molecule has 0 spiro atoms. The third-order valence-corrected chi connectivity index (χ3v) is 3.78. The predicted molar refractivity (Wildman–Crippen MR) is 76.2 cm³/mol. The topological polar surface area (TPSA) is 0 Å². The summed E-state index contributed by atoms with van der Waals surface area (Å²) in [7, 11) is 0. The Kier molecular flexibility index (Phi) is 10.7. The van der Waals surface area contributed by atoms with Crippen molar-refractivity contribution in [2.75, 3.05) is 0 Å². The highest BCUT2D eigenvalue weighted by Gasteiger charge is 2.32. The van der Waals surface area contributed by atoms with Gasteiger partial charge in [0.05, 0.1) is 0 Å². The van der Waals surface area contributed by atoms with Gasteiger partial charge in [-0.25, -0.2) is 8.78 Å². The number of hydrogen-bond donors (Lipinski definition) is 0. The van der Waals surface area contributed by atoms with Gasteiger partial charge in [0, 0.05) is 5.92 Å². The van der Waals surface area contributed by atoms with E-state index in [2.05, 4.69) is 13.8 Å². The summed E-state index contributed by atoms with van der Waals surface area (Å²) in [5.41, 5.74) is 0. The highest BCUT2D eigenvalue weighted by molar-refractivity contribution is 4.72. The summed E-state index contributed by atoms with van der Waals surface area (Å²) in [5, 5.41) is 0. The first-order valence-electron chi connectivity index (χ1n) is 7.90. The Morgan fingerprint density at radius 2 is 1.11 bits per heavy atom. The summed E-state index contributed by atoms with van der Waals surface area (Å²) < 4.78 is 26.9. The molecule has 0 fully saturated rings. The molecule has 110 valence electrons. The van der Waals surface area contributed by atoms with Crippen LogP contribution in [0.25, 0.3) is 0 Å². The standard InChI is InChI=1S/C16H32F2/c1-4-6-8-10-12-14-15(16(3,17)18)13-11-9-7-5-2/h15H,4-14H2,1-3H3. The highest BCUT2D eigenvalue weighted by atomic mass is 19.3. The summed E-state index contributed by atoms with van der Waals surface area (Å²) in [6.07, 6.45) is 11.6. The Bertz CT molecular complexity index is 172. The molecule has 0 rings (SSSR count). The molecule has 1 atom stereocenters. The van der Waals surface area contributed by atoms with E-state index in [4.69, 9.17) is 0 Å². The van der Waals surface area contributed by atoms with Gasteiger partial charge in [0.25, 0.3) is 0 Å². The normalized spacial score (nSPS) is 13.8. The van der Waals surface area contributed by atoms with Crippen molar-refractivity contribution >= 4 is 0 Å². The molecule has 0 aromatic rings. The fourth-order valence-electron chi connectivity index (χ4n) is 2.46. The lowest BCUT2D eigenvalue weighted by molar-refractivity contribution is -0.0476. The number of hydrogen-bond acceptors (Lipinski definition) is 0. The molecule has 0 bridgehead atoms. The zero-order valence-corrected chi connectivity index (χ0v) is 12.6. The van der Waals surface area contributed by atoms with Gasteiger partial charge >= 0.3 is 0 Å². The van der Waals surface area contributed by atoms with E-state index >= 15 is 0 Å². The van der Waals surface area contributed by atoms with Crippen LogP contribution >= 0.6 is 0 Å². The monoisotopic (exact) mass is 262 g/mol. The van der Waals surface area contributed by atoms with Crippen LogP contribution in [0.3, 0.4) is 0 Å². The SMILES string of the molecule is CCCCCCCC(CCCCCC)C(C)(F)F. The smallest absolute Gasteiger partial charge is 0.207 e. The van der Waals surface area contributed by atoms with Crippen molar-refractivity contribution < 1.29 is 8.78 Å². The van der Waals surface area contributed by atoms with Crippen LogP contribution in [-0.2, 0) is 0 Å². The van der Waals surface area contributed by atoms with Crippen LogP contribution in [-0.4, -0.2) is 5.92 Å². The highest BCUT2D eigenvalue weighted by Crippen LogP contribution is 2.32. The molecule has 0 saturated carbocycles. The van der Waals surface area contributed by atoms with Gasteiger partial charge in [-0.3, -0.25) is 0 Å². The van der Waals surface area contributed by atoms with Gasteiger partial charge in [-0.1, -0.05) is 71.6 Å². The van der Waals surface area contributed by atoms with E-state index < -0.39 is 11.8 Å². The molecule has 0 aliphatic rings. The molecule has 0 radical (unpaired) electrons. The van der Waals surface area contributed by atoms with Crippen molar-refractivity contribution in [1.29, 1.82) is 0 Å². The first-order chi connectivity index (χ1) is 8.52. The Morgan fingerprint density at radius 3 is 1.50 bits per heavy atom. The fraction of sp³-hybridized carbons (Fsp3) is 1.00. The molecule has 2 heteroatoms. The van der Waals surface area contributed by atoms with Crippen LogP contribution in [0.1, 0.15) is 91.4 Å². The van der Waals surface area contributed by atoms with Gasteiger partial charge in [-0.15, -0.1) is 0 Å². The van der Waals surface area contributed by atoms with Gasteiger partial charge in [0.2, 0.25) is 5.92 Å². The lowest BCUT2D eigenvalue weighted by Crippen LogP contribution is -2.24. The molecule has 0 aliphatic heterocycles. The molecule has 0 aliphatic carbocycles. The molecule has 18 heavy (non-hydrogen) atoms. The maximum absolute atomic E-state index is 13.5. The van der Waals surface area contributed by atoms with Gasteiger partial charge in [0.15, 0.2) is 0 Å². The molecular formula is C16H32F2. The molecule has 0 N–H and O–H groups in total. The van der Waals surface area contributed by atoms with E-state index in [1.54, 1.807) is 0 Å². The number of rotatable bonds is 12. The molecule has 0 aromatic carbocycles. The largest absolute Gasteiger partial charge is 0.248 e. The van der Waals surface area contributed by atoms with Gasteiger partial charge in [-0.05, 0) is 19.8 Å². The summed E-state index contributed by atoms with van der Waals surface area (Å²) in [4.78, 5) is 0. The Hall–Kier alpha value is -0.140. The second-order valence-corrected chi connectivity index (χ2v) is 5.71. The van der Waals surface area contributed by atoms with E-state index in [-0.39, 0.29) is 0 Å². The minimum atomic E-state index is -2.49. The Balaban J connectivity index is 3.79. The molecule has 0 amide bonds. The molecule has 1 unspecified atom stereocenters. The number of halogens is 2. The minimum Gasteiger partial charge on any atom is -0.207 e. The average molecular weight is 262 g/mol. The van der Waals surface area contributed by atoms with Crippen LogP contribution in [0.15, 0.2) is 0 Å². The second-order valence-electron chi connectivity index (χ2n) is 5.71. The quantitative estimate of drug-likeness (QED) is 0.348. The Morgan fingerprint density at radius 1 is 0.722 bits per heavy atom. The van der Waals surface area contributed by atoms with Crippen LogP contribution in [0.4, 0.5) is 8.78 Å². The maximum atomic E-state index is 13.5. The molecule has 0 heterocycles. The second kappa shape index (κ2) is 10.8. The molecule has 0 aromatic heterocycles. The number of unbranched alkanes of at least 4 members (excludes halogenated alkanes) is 7. The first kappa shape index (κ1) is 17.9. The third-order valence-electron chi connectivity index (χ3n) is 3.78. The number of alkyl halides is 2. The van der Waals surface area contributed by atoms with Crippen molar-refractivity contribution in [2.24, 2.45) is 5.92 Å². The fourth-order valence-corrected chi connectivity index (χ4v) is 2.46. The van der Waals surface area contributed by atoms with Crippen molar-refractivity contribution in [3.8, 4) is 0 Å². The van der Waals surface area contributed by atoms with Crippen molar-refractivity contribution in [3.05, 3.63) is 0 Å². The van der Waals surface area contributed by atoms with Crippen LogP contribution in [0.2, 0.25) is 0 Å². The zero-order chi connectivity index (χ0) is 13.9. The van der Waals surface area contributed by atoms with Crippen LogP contribution in [0, 0.1) is 5.92 Å². The third kappa shape index (κ3) is 9.85. The lowest BCUT2D eigenvalue weighted by atomic mass is 9.90. The van der Waals surface area contributed by atoms with Gasteiger partial charge in [-0.2, -0.15) is 0 Å². The van der Waals surface area contributed by atoms with E-state index in [9.17, 15) is 8.78 Å². The summed E-state index contributed by atoms with van der Waals surface area (Å²) >= 11 is 0. The van der Waals surface area contributed by atoms with E-state index in [0.717, 1.165) is 32.6 Å². The lowest BCUT2D eigenvalue weighted by Gasteiger charge is -2.23. The molecular weight excluding hydrogens is 230 g/mol. The van der Waals surface area contributed by atoms with Gasteiger partial charge in [0.1, 0.15) is 0 Å². The molecule has 0 nitrogen and oxygen atoms in total. The first-order valence-corrected chi connectivity index (χ1v) is 7.90. The summed E-state index contributed by atoms with van der Waals surface area (Å²) in [6, 6.07) is 0. The molecule has 0 saturated heterocycles. The predicted octanol–water partition coefficient (Wildman–Crippen LogP) is 6.59. The van der Waals surface area contributed by atoms with E-state index in [1.807, 2.05) is 0 Å². The summed E-state index contributed by atoms with van der Waals surface area (Å²) in [6.45, 7) is 5.43. The van der Waals surface area contributed by atoms with Crippen LogP contribution < -0.4 is 0 Å². The Labute approximate surface area is 113 Å². The van der Waals surface area contributed by atoms with E-state index in [0.29, 0.717) is 12.8 Å². The van der Waals surface area contributed by atoms with Crippen molar-refractivity contribution in [1.82, 2.24) is 0 Å². The van der Waals surface area contributed by atoms with Crippen LogP contribution in [0.5, 0.6) is 0 Å². The van der Waals surface area contributed by atoms with Gasteiger partial charge < -0.3 is 0 Å². The zero-order valence-electron chi connectivity index (χ0n) is 12.6. The minimum absolute atomic E-state index is 0.393. The average Bonchev–Trinajstić information content (AvgIpc) is 2.30. The van der Waals surface area contributed by atoms with Crippen molar-refractivity contribution in [2.45, 2.75) is 97.3 Å².